The molecule has 0 aliphatic carbocycles. The molecule has 3 fully saturated rings. The first-order chi connectivity index (χ1) is 32.3. The van der Waals surface area contributed by atoms with Gasteiger partial charge in [-0.25, -0.2) is 4.79 Å². The summed E-state index contributed by atoms with van der Waals surface area (Å²) in [5.74, 6) is -6.27. The number of Topliss-reactive ketones (excluding diaryl/α,β-unsaturated/α-hetero) is 1. The molecule has 17 heteroatoms. The number of hydrogen-bond acceptors (Lipinski definition) is 17. The Hall–Kier alpha value is -3.65. The summed E-state index contributed by atoms with van der Waals surface area (Å²) >= 11 is 0. The van der Waals surface area contributed by atoms with E-state index in [0.29, 0.717) is 6.42 Å². The second-order valence-corrected chi connectivity index (χ2v) is 20.7. The first kappa shape index (κ1) is 56.3. The van der Waals surface area contributed by atoms with Crippen molar-refractivity contribution >= 4 is 34.6 Å². The lowest BCUT2D eigenvalue weighted by molar-refractivity contribution is -0.320. The number of benzene rings is 1. The summed E-state index contributed by atoms with van der Waals surface area (Å²) in [5, 5.41) is 25.3. The zero-order valence-electron chi connectivity index (χ0n) is 43.5. The molecular weight excluding hydrogens is 893 g/mol. The maximum Gasteiger partial charge on any atom is 0.339 e. The van der Waals surface area contributed by atoms with Gasteiger partial charge >= 0.3 is 17.9 Å². The predicted molar refractivity (Wildman–Crippen MR) is 255 cm³/mol. The maximum absolute atomic E-state index is 14.9. The minimum atomic E-state index is -1.81. The fourth-order valence-corrected chi connectivity index (χ4v) is 11.1. The number of nitrogens with zero attached hydrogens (tertiary/aromatic N) is 2. The highest BCUT2D eigenvalue weighted by atomic mass is 16.7. The summed E-state index contributed by atoms with van der Waals surface area (Å²) in [7, 11) is 6.79. The minimum Gasteiger partial charge on any atom is -0.462 e. The van der Waals surface area contributed by atoms with Gasteiger partial charge in [-0.2, -0.15) is 0 Å². The second-order valence-electron chi connectivity index (χ2n) is 20.7. The summed E-state index contributed by atoms with van der Waals surface area (Å²) < 4.78 is 56.9. The first-order valence-corrected chi connectivity index (χ1v) is 24.5. The lowest BCUT2D eigenvalue weighted by Gasteiger charge is -2.50. The number of cyclic esters (lactones) is 1. The molecule has 1 aromatic heterocycles. The number of methoxy groups -OCH3 is 2. The normalized spacial score (nSPS) is 39.7. The number of rotatable bonds is 13. The quantitative estimate of drug-likeness (QED) is 0.173. The van der Waals surface area contributed by atoms with Crippen molar-refractivity contribution in [3.05, 3.63) is 42.1 Å². The number of pyridine rings is 1. The molecule has 4 heterocycles. The average molecular weight is 973 g/mol. The van der Waals surface area contributed by atoms with Crippen molar-refractivity contribution in [1.82, 2.24) is 9.88 Å². The molecule has 0 spiro atoms. The van der Waals surface area contributed by atoms with Crippen LogP contribution in [-0.4, -0.2) is 157 Å². The molecule has 0 bridgehead atoms. The number of para-hydroxylation sites is 1. The lowest BCUT2D eigenvalue weighted by atomic mass is 9.69. The number of aromatic nitrogens is 1. The van der Waals surface area contributed by atoms with Gasteiger partial charge < -0.3 is 57.7 Å². The molecule has 18 atom stereocenters. The fraction of sp³-hybridized carbons (Fsp3) is 0.750. The molecular formula is C52H80N2O15. The number of carbonyl (C=O) groups is 4. The van der Waals surface area contributed by atoms with Crippen LogP contribution in [0.4, 0.5) is 0 Å². The van der Waals surface area contributed by atoms with Crippen LogP contribution < -0.4 is 0 Å². The van der Waals surface area contributed by atoms with Crippen LogP contribution in [0.25, 0.3) is 10.9 Å². The molecule has 69 heavy (non-hydrogen) atoms. The summed E-state index contributed by atoms with van der Waals surface area (Å²) in [5.41, 5.74) is -3.20. The molecule has 17 nitrogen and oxygen atoms in total. The van der Waals surface area contributed by atoms with Gasteiger partial charge in [0.2, 0.25) is 0 Å². The number of aliphatic hydroxyl groups is 2. The van der Waals surface area contributed by atoms with Gasteiger partial charge in [0.1, 0.15) is 29.2 Å². The second kappa shape index (κ2) is 23.3. The Labute approximate surface area is 408 Å². The SMILES string of the molecule is CC[C@H]1OC(=O)[C@H](C)[C@@H](OC2C[C@@](C)(OC)[C@@H](OC(C)=O)[C@H](C)O2)[C@H](C)[C@@H](O[C@@H]2O[C@H](C)C[C@H](N(C)C)[C@H]2O)[C@](C)(OC)C[C@@H](C)C(=O)C(C)[C@@H](CCOC(=O)c2cnc3ccccc3c2)[C@]1(C)O. The topological polar surface area (TPSA) is 208 Å². The molecule has 5 rings (SSSR count). The first-order valence-electron chi connectivity index (χ1n) is 24.5. The number of likely N-dealkylation sites (N-methyl/N-ethyl adjacent to an activating group) is 1. The molecule has 0 saturated carbocycles. The van der Waals surface area contributed by atoms with Crippen molar-refractivity contribution in [1.29, 1.82) is 0 Å². The van der Waals surface area contributed by atoms with Crippen LogP contribution in [0.15, 0.2) is 36.5 Å². The van der Waals surface area contributed by atoms with E-state index in [1.165, 1.54) is 27.3 Å². The number of fused-ring (bicyclic) bond motifs is 1. The molecule has 2 unspecified atom stereocenters. The van der Waals surface area contributed by atoms with Gasteiger partial charge in [-0.15, -0.1) is 0 Å². The molecule has 0 amide bonds. The average Bonchev–Trinajstić information content (AvgIpc) is 3.30. The molecule has 3 aliphatic heterocycles. The van der Waals surface area contributed by atoms with Crippen LogP contribution in [0.1, 0.15) is 119 Å². The fourth-order valence-electron chi connectivity index (χ4n) is 11.1. The highest BCUT2D eigenvalue weighted by Gasteiger charge is 2.55. The number of esters is 3. The Balaban J connectivity index is 1.57. The third-order valence-corrected chi connectivity index (χ3v) is 15.3. The molecule has 0 radical (unpaired) electrons. The highest BCUT2D eigenvalue weighted by molar-refractivity contribution is 5.93. The Bertz CT molecular complexity index is 2070. The van der Waals surface area contributed by atoms with Gasteiger partial charge in [0.25, 0.3) is 0 Å². The minimum absolute atomic E-state index is 0.0466. The Morgan fingerprint density at radius 3 is 2.19 bits per heavy atom. The smallest absolute Gasteiger partial charge is 0.339 e. The summed E-state index contributed by atoms with van der Waals surface area (Å²) in [6.07, 6.45) is -5.85. The zero-order valence-corrected chi connectivity index (χ0v) is 43.5. The standard InChI is InChI=1S/C52H80N2O15/c1-16-40-52(11,60)37(21-22-63-48(59)36-24-35-19-17-18-20-38(35)53-27-36)30(4)42(56)28(2)25-50(9,61-14)45(69-49-43(57)39(54(12)13)23-29(3)64-49)31(5)44(32(6)47(58)67-40)68-41-26-51(10,62-15)46(33(7)65-41)66-34(8)55/h17-20,24,27-33,37,39-41,43-46,49,57,60H,16,21-23,25-26H2,1-15H3/t28-,29-,30?,31+,32-,33+,37-,39+,40-,41?,43-,44+,45-,46+,49+,50-,51-,52+/m1/s1. The number of ether oxygens (including phenoxy) is 9. The maximum atomic E-state index is 14.9. The number of ketones is 1. The van der Waals surface area contributed by atoms with E-state index in [1.807, 2.05) is 64.0 Å². The summed E-state index contributed by atoms with van der Waals surface area (Å²) in [6, 6.07) is 8.78. The third kappa shape index (κ3) is 12.7. The molecule has 3 aliphatic rings. The van der Waals surface area contributed by atoms with Crippen LogP contribution >= 0.6 is 0 Å². The lowest BCUT2D eigenvalue weighted by Crippen LogP contribution is -2.61. The molecule has 388 valence electrons. The molecule has 3 saturated heterocycles. The van der Waals surface area contributed by atoms with Crippen LogP contribution in [0.3, 0.4) is 0 Å². The van der Waals surface area contributed by atoms with Gasteiger partial charge in [0.05, 0.1) is 53.6 Å². The van der Waals surface area contributed by atoms with Gasteiger partial charge in [-0.3, -0.25) is 19.4 Å². The van der Waals surface area contributed by atoms with Crippen LogP contribution in [0.2, 0.25) is 0 Å². The van der Waals surface area contributed by atoms with Crippen LogP contribution in [-0.2, 0) is 57.0 Å². The van der Waals surface area contributed by atoms with Crippen LogP contribution in [0.5, 0.6) is 0 Å². The predicted octanol–water partition coefficient (Wildman–Crippen LogP) is 6.06. The Morgan fingerprint density at radius 1 is 0.913 bits per heavy atom. The Kier molecular flexibility index (Phi) is 19.0. The summed E-state index contributed by atoms with van der Waals surface area (Å²) in [4.78, 5) is 61.7. The van der Waals surface area contributed by atoms with Crippen molar-refractivity contribution in [2.24, 2.45) is 29.6 Å². The number of carbonyl (C=O) groups excluding carboxylic acids is 4. The van der Waals surface area contributed by atoms with E-state index in [0.717, 1.165) is 10.9 Å². The van der Waals surface area contributed by atoms with Crippen molar-refractivity contribution < 1.29 is 72.0 Å². The van der Waals surface area contributed by atoms with E-state index in [4.69, 9.17) is 42.6 Å². The number of hydrogen-bond donors (Lipinski definition) is 2. The Morgan fingerprint density at radius 2 is 1.57 bits per heavy atom. The van der Waals surface area contributed by atoms with E-state index in [2.05, 4.69) is 4.98 Å². The highest BCUT2D eigenvalue weighted by Crippen LogP contribution is 2.43. The van der Waals surface area contributed by atoms with E-state index < -0.39 is 114 Å². The van der Waals surface area contributed by atoms with Crippen molar-refractivity contribution in [3.63, 3.8) is 0 Å². The zero-order chi connectivity index (χ0) is 51.3. The van der Waals surface area contributed by atoms with Crippen molar-refractivity contribution in [3.8, 4) is 0 Å². The van der Waals surface area contributed by atoms with Gasteiger partial charge in [0.15, 0.2) is 18.7 Å². The molecule has 2 aromatic rings. The van der Waals surface area contributed by atoms with Gasteiger partial charge in [-0.05, 0) is 93.5 Å². The van der Waals surface area contributed by atoms with Gasteiger partial charge in [-0.1, -0.05) is 45.9 Å². The van der Waals surface area contributed by atoms with E-state index in [1.54, 1.807) is 54.5 Å². The van der Waals surface area contributed by atoms with Crippen LogP contribution in [0, 0.1) is 29.6 Å². The summed E-state index contributed by atoms with van der Waals surface area (Å²) in [6.45, 7) is 18.8. The molecule has 2 N–H and O–H groups in total. The van der Waals surface area contributed by atoms with E-state index >= 15 is 0 Å². The van der Waals surface area contributed by atoms with Gasteiger partial charge in [0, 0.05) is 68.9 Å². The largest absolute Gasteiger partial charge is 0.462 e. The van der Waals surface area contributed by atoms with E-state index in [9.17, 15) is 29.4 Å². The number of aliphatic hydroxyl groups excluding tert-OH is 1. The third-order valence-electron chi connectivity index (χ3n) is 15.3. The molecule has 1 aromatic carbocycles. The van der Waals surface area contributed by atoms with E-state index in [-0.39, 0.29) is 55.8 Å². The monoisotopic (exact) mass is 973 g/mol. The van der Waals surface area contributed by atoms with Crippen molar-refractivity contribution in [2.45, 2.75) is 186 Å². The van der Waals surface area contributed by atoms with Crippen molar-refractivity contribution in [2.75, 3.05) is 34.9 Å².